The van der Waals surface area contributed by atoms with E-state index >= 15 is 0 Å². The fourth-order valence-corrected chi connectivity index (χ4v) is 4.13. The molecule has 0 spiro atoms. The fourth-order valence-electron chi connectivity index (χ4n) is 3.43. The standard InChI is InChI=1S/C18H19N3O3S/c1-10-6-11-8-14(17-21-15(9-25-17)24-18(22)23)20-16(11)13(7-10)19-12-4-2-3-5-12/h6-9,12,19-20H,2-5H2,1H3,(H,22,23). The van der Waals surface area contributed by atoms with Crippen LogP contribution >= 0.6 is 11.3 Å². The fraction of sp³-hybridized carbons (Fsp3) is 0.333. The number of fused-ring (bicyclic) bond motifs is 1. The highest BCUT2D eigenvalue weighted by Gasteiger charge is 2.17. The maximum atomic E-state index is 10.6. The van der Waals surface area contributed by atoms with Gasteiger partial charge in [-0.2, -0.15) is 4.98 Å². The topological polar surface area (TPSA) is 87.2 Å². The summed E-state index contributed by atoms with van der Waals surface area (Å²) in [5.41, 5.74) is 4.24. The first-order chi connectivity index (χ1) is 12.1. The average Bonchev–Trinajstić information content (AvgIpc) is 3.26. The number of anilines is 1. The van der Waals surface area contributed by atoms with Crippen LogP contribution in [0, 0.1) is 6.92 Å². The van der Waals surface area contributed by atoms with Gasteiger partial charge in [0.2, 0.25) is 5.88 Å². The van der Waals surface area contributed by atoms with Crippen molar-refractivity contribution < 1.29 is 14.6 Å². The van der Waals surface area contributed by atoms with Crippen LogP contribution in [-0.2, 0) is 0 Å². The van der Waals surface area contributed by atoms with Crippen LogP contribution in [0.1, 0.15) is 31.2 Å². The number of aryl methyl sites for hydroxylation is 1. The van der Waals surface area contributed by atoms with Crippen molar-refractivity contribution in [1.82, 2.24) is 9.97 Å². The van der Waals surface area contributed by atoms with Crippen LogP contribution in [0.2, 0.25) is 0 Å². The van der Waals surface area contributed by atoms with Crippen LogP contribution in [0.3, 0.4) is 0 Å². The second-order valence-corrected chi connectivity index (χ2v) is 7.30. The van der Waals surface area contributed by atoms with E-state index in [9.17, 15) is 4.79 Å². The summed E-state index contributed by atoms with van der Waals surface area (Å²) in [4.78, 5) is 18.3. The first-order valence-corrected chi connectivity index (χ1v) is 9.23. The molecule has 3 aromatic rings. The molecule has 0 amide bonds. The predicted octanol–water partition coefficient (Wildman–Crippen LogP) is 5.01. The van der Waals surface area contributed by atoms with E-state index in [1.165, 1.54) is 42.6 Å². The lowest BCUT2D eigenvalue weighted by Crippen LogP contribution is -2.14. The summed E-state index contributed by atoms with van der Waals surface area (Å²) in [6.45, 7) is 2.09. The van der Waals surface area contributed by atoms with Crippen LogP contribution in [0.25, 0.3) is 21.6 Å². The van der Waals surface area contributed by atoms with Gasteiger partial charge in [0.05, 0.1) is 22.3 Å². The molecule has 0 atom stereocenters. The van der Waals surface area contributed by atoms with Crippen molar-refractivity contribution in [2.75, 3.05) is 5.32 Å². The number of ether oxygens (including phenoxy) is 1. The molecule has 0 aliphatic heterocycles. The highest BCUT2D eigenvalue weighted by molar-refractivity contribution is 7.13. The average molecular weight is 357 g/mol. The molecule has 1 fully saturated rings. The molecule has 4 rings (SSSR count). The summed E-state index contributed by atoms with van der Waals surface area (Å²) in [7, 11) is 0. The van der Waals surface area contributed by atoms with Gasteiger partial charge in [-0.15, -0.1) is 11.3 Å². The normalized spacial score (nSPS) is 14.9. The van der Waals surface area contributed by atoms with Gasteiger partial charge < -0.3 is 20.1 Å². The van der Waals surface area contributed by atoms with E-state index in [0.717, 1.165) is 22.3 Å². The number of rotatable bonds is 4. The Morgan fingerprint density at radius 2 is 2.16 bits per heavy atom. The number of hydrogen-bond acceptors (Lipinski definition) is 5. The van der Waals surface area contributed by atoms with Crippen LogP contribution in [0.4, 0.5) is 10.5 Å². The molecule has 3 N–H and O–H groups in total. The Bertz CT molecular complexity index is 925. The minimum atomic E-state index is -1.35. The molecule has 7 heteroatoms. The van der Waals surface area contributed by atoms with Gasteiger partial charge in [-0.3, -0.25) is 0 Å². The largest absolute Gasteiger partial charge is 0.512 e. The van der Waals surface area contributed by atoms with Crippen molar-refractivity contribution in [3.63, 3.8) is 0 Å². The lowest BCUT2D eigenvalue weighted by molar-refractivity contribution is 0.143. The van der Waals surface area contributed by atoms with E-state index in [4.69, 9.17) is 5.11 Å². The Balaban J connectivity index is 1.69. The molecule has 2 heterocycles. The van der Waals surface area contributed by atoms with Crippen molar-refractivity contribution >= 4 is 34.1 Å². The summed E-state index contributed by atoms with van der Waals surface area (Å²) in [5.74, 6) is 0.103. The molecular weight excluding hydrogens is 338 g/mol. The molecular formula is C18H19N3O3S. The monoisotopic (exact) mass is 357 g/mol. The molecule has 25 heavy (non-hydrogen) atoms. The van der Waals surface area contributed by atoms with Gasteiger partial charge in [0.15, 0.2) is 0 Å². The summed E-state index contributed by atoms with van der Waals surface area (Å²) in [5, 5.41) is 15.8. The minimum absolute atomic E-state index is 0.103. The molecule has 1 aromatic carbocycles. The van der Waals surface area contributed by atoms with Crippen molar-refractivity contribution in [2.24, 2.45) is 0 Å². The molecule has 0 saturated heterocycles. The van der Waals surface area contributed by atoms with Gasteiger partial charge >= 0.3 is 6.16 Å². The molecule has 6 nitrogen and oxygen atoms in total. The molecule has 1 aliphatic rings. The van der Waals surface area contributed by atoms with Gasteiger partial charge in [-0.1, -0.05) is 12.8 Å². The van der Waals surface area contributed by atoms with Crippen LogP contribution in [-0.4, -0.2) is 27.3 Å². The van der Waals surface area contributed by atoms with E-state index < -0.39 is 6.16 Å². The summed E-state index contributed by atoms with van der Waals surface area (Å²) in [6.07, 6.45) is 3.64. The zero-order chi connectivity index (χ0) is 17.4. The maximum Gasteiger partial charge on any atom is 0.512 e. The Kier molecular flexibility index (Phi) is 4.09. The Hall–Kier alpha value is -2.54. The Morgan fingerprint density at radius 1 is 1.36 bits per heavy atom. The first kappa shape index (κ1) is 16.0. The lowest BCUT2D eigenvalue weighted by atomic mass is 10.1. The predicted molar refractivity (Wildman–Crippen MR) is 98.7 cm³/mol. The number of nitrogens with zero attached hydrogens (tertiary/aromatic N) is 1. The van der Waals surface area contributed by atoms with Gasteiger partial charge in [0.1, 0.15) is 5.01 Å². The number of carbonyl (C=O) groups is 1. The number of aromatic amines is 1. The van der Waals surface area contributed by atoms with Crippen molar-refractivity contribution in [1.29, 1.82) is 0 Å². The first-order valence-electron chi connectivity index (χ1n) is 8.35. The highest BCUT2D eigenvalue weighted by atomic mass is 32.1. The summed E-state index contributed by atoms with van der Waals surface area (Å²) < 4.78 is 4.61. The summed E-state index contributed by atoms with van der Waals surface area (Å²) in [6, 6.07) is 6.89. The zero-order valence-corrected chi connectivity index (χ0v) is 14.7. The number of aromatic nitrogens is 2. The number of thiazole rings is 1. The van der Waals surface area contributed by atoms with Crippen LogP contribution in [0.15, 0.2) is 23.6 Å². The van der Waals surface area contributed by atoms with Gasteiger partial charge in [-0.05, 0) is 43.5 Å². The lowest BCUT2D eigenvalue weighted by Gasteiger charge is -2.15. The maximum absolute atomic E-state index is 10.6. The molecule has 1 saturated carbocycles. The van der Waals surface area contributed by atoms with E-state index in [1.807, 2.05) is 6.07 Å². The molecule has 2 aromatic heterocycles. The second kappa shape index (κ2) is 6.40. The molecule has 0 radical (unpaired) electrons. The molecule has 0 bridgehead atoms. The van der Waals surface area contributed by atoms with Crippen LogP contribution < -0.4 is 10.1 Å². The van der Waals surface area contributed by atoms with E-state index in [1.54, 1.807) is 5.38 Å². The molecule has 0 unspecified atom stereocenters. The van der Waals surface area contributed by atoms with E-state index in [0.29, 0.717) is 11.0 Å². The number of nitrogens with one attached hydrogen (secondary N) is 2. The minimum Gasteiger partial charge on any atom is -0.449 e. The SMILES string of the molecule is Cc1cc(NC2CCCC2)c2[nH]c(-c3nc(OC(=O)O)cs3)cc2c1. The number of carboxylic acid groups (broad SMARTS) is 1. The molecule has 1 aliphatic carbocycles. The van der Waals surface area contributed by atoms with Crippen molar-refractivity contribution in [3.05, 3.63) is 29.1 Å². The quantitative estimate of drug-likeness (QED) is 0.571. The van der Waals surface area contributed by atoms with Crippen molar-refractivity contribution in [3.8, 4) is 16.6 Å². The molecule has 130 valence electrons. The Morgan fingerprint density at radius 3 is 2.92 bits per heavy atom. The third-order valence-corrected chi connectivity index (χ3v) is 5.35. The van der Waals surface area contributed by atoms with E-state index in [-0.39, 0.29) is 5.88 Å². The van der Waals surface area contributed by atoms with Crippen LogP contribution in [0.5, 0.6) is 5.88 Å². The van der Waals surface area contributed by atoms with Crippen molar-refractivity contribution in [2.45, 2.75) is 38.6 Å². The Labute approximate surface area is 148 Å². The highest BCUT2D eigenvalue weighted by Crippen LogP contribution is 2.34. The van der Waals surface area contributed by atoms with Gasteiger partial charge in [0, 0.05) is 11.4 Å². The third kappa shape index (κ3) is 3.32. The number of benzene rings is 1. The third-order valence-electron chi connectivity index (χ3n) is 4.49. The summed E-state index contributed by atoms with van der Waals surface area (Å²) >= 11 is 1.35. The zero-order valence-electron chi connectivity index (χ0n) is 13.8. The van der Waals surface area contributed by atoms with Gasteiger partial charge in [0.25, 0.3) is 0 Å². The number of H-pyrrole nitrogens is 1. The number of hydrogen-bond donors (Lipinski definition) is 3. The second-order valence-electron chi connectivity index (χ2n) is 6.44. The van der Waals surface area contributed by atoms with Gasteiger partial charge in [-0.25, -0.2) is 4.79 Å². The smallest absolute Gasteiger partial charge is 0.449 e. The van der Waals surface area contributed by atoms with E-state index in [2.05, 4.69) is 39.1 Å².